The summed E-state index contributed by atoms with van der Waals surface area (Å²) in [5.41, 5.74) is 6.56. The second-order valence-corrected chi connectivity index (χ2v) is 6.19. The number of hydrogen-bond acceptors (Lipinski definition) is 3. The molecule has 0 fully saturated rings. The summed E-state index contributed by atoms with van der Waals surface area (Å²) < 4.78 is 7.70. The van der Waals surface area contributed by atoms with Crippen molar-refractivity contribution in [3.8, 4) is 5.75 Å². The molecule has 3 rings (SSSR count). The molecule has 1 aromatic heterocycles. The van der Waals surface area contributed by atoms with Crippen molar-refractivity contribution in [2.45, 2.75) is 33.2 Å². The average molecular weight is 344 g/mol. The van der Waals surface area contributed by atoms with Crippen molar-refractivity contribution in [2.75, 3.05) is 12.0 Å². The fourth-order valence-corrected chi connectivity index (χ4v) is 2.87. The normalized spacial score (nSPS) is 11.0. The van der Waals surface area contributed by atoms with Crippen molar-refractivity contribution in [1.29, 1.82) is 0 Å². The van der Waals surface area contributed by atoms with Crippen LogP contribution < -0.4 is 10.2 Å². The number of aryl methyl sites for hydroxylation is 1. The molecular formula is C19H22ClN3O. The van der Waals surface area contributed by atoms with Gasteiger partial charge in [0, 0.05) is 0 Å². The minimum atomic E-state index is 0.651. The minimum Gasteiger partial charge on any atom is -0.492 e. The Morgan fingerprint density at radius 3 is 2.83 bits per heavy atom. The van der Waals surface area contributed by atoms with Crippen LogP contribution in [0.15, 0.2) is 42.5 Å². The zero-order chi connectivity index (χ0) is 16.9. The van der Waals surface area contributed by atoms with E-state index in [2.05, 4.69) is 23.4 Å². The summed E-state index contributed by atoms with van der Waals surface area (Å²) in [6.45, 7) is 5.50. The van der Waals surface area contributed by atoms with Crippen molar-refractivity contribution in [3.05, 3.63) is 58.9 Å². The highest BCUT2D eigenvalue weighted by atomic mass is 35.5. The number of nitrogens with zero attached hydrogens (tertiary/aromatic N) is 2. The first-order valence-corrected chi connectivity index (χ1v) is 8.66. The van der Waals surface area contributed by atoms with Gasteiger partial charge in [-0.25, -0.2) is 9.66 Å². The van der Waals surface area contributed by atoms with E-state index in [1.165, 1.54) is 0 Å². The van der Waals surface area contributed by atoms with E-state index in [1.807, 2.05) is 48.0 Å². The molecule has 0 aliphatic heterocycles. The van der Waals surface area contributed by atoms with E-state index in [0.29, 0.717) is 18.2 Å². The van der Waals surface area contributed by atoms with Gasteiger partial charge in [-0.3, -0.25) is 0 Å². The van der Waals surface area contributed by atoms with Crippen LogP contribution in [0.2, 0.25) is 5.02 Å². The van der Waals surface area contributed by atoms with Crippen LogP contribution in [0.3, 0.4) is 0 Å². The highest BCUT2D eigenvalue weighted by Gasteiger charge is 2.07. The Morgan fingerprint density at radius 2 is 2.04 bits per heavy atom. The van der Waals surface area contributed by atoms with Gasteiger partial charge in [0.05, 0.1) is 29.2 Å². The molecule has 0 aliphatic rings. The topological polar surface area (TPSA) is 39.1 Å². The van der Waals surface area contributed by atoms with E-state index in [4.69, 9.17) is 16.3 Å². The van der Waals surface area contributed by atoms with Crippen molar-refractivity contribution in [3.63, 3.8) is 0 Å². The third-order valence-corrected chi connectivity index (χ3v) is 4.22. The maximum absolute atomic E-state index is 6.32. The molecule has 3 aromatic rings. The smallest absolute Gasteiger partial charge is 0.137 e. The molecule has 0 atom stereocenters. The Labute approximate surface area is 147 Å². The van der Waals surface area contributed by atoms with Crippen LogP contribution in [-0.4, -0.2) is 16.3 Å². The van der Waals surface area contributed by atoms with Crippen molar-refractivity contribution < 1.29 is 4.74 Å². The summed E-state index contributed by atoms with van der Waals surface area (Å²) in [7, 11) is 0. The zero-order valence-electron chi connectivity index (χ0n) is 14.1. The Morgan fingerprint density at radius 1 is 1.21 bits per heavy atom. The van der Waals surface area contributed by atoms with Gasteiger partial charge in [-0.05, 0) is 43.2 Å². The van der Waals surface area contributed by atoms with E-state index in [-0.39, 0.29) is 0 Å². The van der Waals surface area contributed by atoms with Crippen LogP contribution in [0, 0.1) is 6.92 Å². The predicted octanol–water partition coefficient (Wildman–Crippen LogP) is 4.92. The first kappa shape index (κ1) is 16.7. The number of hydrogen-bond donors (Lipinski definition) is 1. The first-order valence-electron chi connectivity index (χ1n) is 8.28. The van der Waals surface area contributed by atoms with Gasteiger partial charge in [-0.15, -0.1) is 0 Å². The number of unbranched alkanes of at least 4 members (excludes halogenated alkanes) is 1. The second-order valence-electron chi connectivity index (χ2n) is 5.78. The summed E-state index contributed by atoms with van der Waals surface area (Å²) in [5.74, 6) is 1.68. The monoisotopic (exact) mass is 343 g/mol. The Balaban J connectivity index is 1.70. The fourth-order valence-electron chi connectivity index (χ4n) is 2.61. The molecule has 0 amide bonds. The van der Waals surface area contributed by atoms with Crippen LogP contribution in [-0.2, 0) is 6.54 Å². The summed E-state index contributed by atoms with van der Waals surface area (Å²) >= 11 is 6.32. The predicted molar refractivity (Wildman–Crippen MR) is 99.4 cm³/mol. The first-order chi connectivity index (χ1) is 11.7. The van der Waals surface area contributed by atoms with Crippen LogP contribution in [0.5, 0.6) is 5.75 Å². The molecule has 1 heterocycles. The van der Waals surface area contributed by atoms with Gasteiger partial charge in [0.1, 0.15) is 11.6 Å². The van der Waals surface area contributed by atoms with Crippen LogP contribution >= 0.6 is 11.6 Å². The van der Waals surface area contributed by atoms with Crippen LogP contribution in [0.25, 0.3) is 11.0 Å². The molecule has 0 aliphatic carbocycles. The van der Waals surface area contributed by atoms with Crippen molar-refractivity contribution in [1.82, 2.24) is 9.66 Å². The molecule has 0 saturated heterocycles. The van der Waals surface area contributed by atoms with Crippen LogP contribution in [0.4, 0.5) is 0 Å². The Kier molecular flexibility index (Phi) is 5.26. The zero-order valence-corrected chi connectivity index (χ0v) is 14.8. The SMILES string of the molecule is CCCCOc1ccc(CNn2c(C)nc3ccccc32)cc1Cl. The lowest BCUT2D eigenvalue weighted by Gasteiger charge is -2.12. The van der Waals surface area contributed by atoms with Crippen LogP contribution in [0.1, 0.15) is 31.2 Å². The number of aromatic nitrogens is 2. The largest absolute Gasteiger partial charge is 0.492 e. The van der Waals surface area contributed by atoms with Gasteiger partial charge in [0.2, 0.25) is 0 Å². The summed E-state index contributed by atoms with van der Waals surface area (Å²) in [6, 6.07) is 14.0. The molecule has 24 heavy (non-hydrogen) atoms. The number of halogens is 1. The molecule has 0 unspecified atom stereocenters. The average Bonchev–Trinajstić information content (AvgIpc) is 2.90. The maximum Gasteiger partial charge on any atom is 0.137 e. The standard InChI is InChI=1S/C19H22ClN3O/c1-3-4-11-24-19-10-9-15(12-16(19)20)13-21-23-14(2)22-17-7-5-6-8-18(17)23/h5-10,12,21H,3-4,11,13H2,1-2H3. The number of fused-ring (bicyclic) bond motifs is 1. The van der Waals surface area contributed by atoms with E-state index < -0.39 is 0 Å². The lowest BCUT2D eigenvalue weighted by Crippen LogP contribution is -2.15. The van der Waals surface area contributed by atoms with E-state index in [1.54, 1.807) is 0 Å². The Bertz CT molecular complexity index is 829. The minimum absolute atomic E-state index is 0.651. The lowest BCUT2D eigenvalue weighted by molar-refractivity contribution is 0.309. The van der Waals surface area contributed by atoms with E-state index in [0.717, 1.165) is 41.0 Å². The van der Waals surface area contributed by atoms with Gasteiger partial charge in [0.25, 0.3) is 0 Å². The third-order valence-electron chi connectivity index (χ3n) is 3.92. The van der Waals surface area contributed by atoms with E-state index >= 15 is 0 Å². The molecule has 0 saturated carbocycles. The number of benzene rings is 2. The second kappa shape index (κ2) is 7.58. The fraction of sp³-hybridized carbons (Fsp3) is 0.316. The highest BCUT2D eigenvalue weighted by molar-refractivity contribution is 6.32. The van der Waals surface area contributed by atoms with E-state index in [9.17, 15) is 0 Å². The van der Waals surface area contributed by atoms with Gasteiger partial charge in [0.15, 0.2) is 0 Å². The molecule has 0 radical (unpaired) electrons. The molecule has 0 spiro atoms. The summed E-state index contributed by atoms with van der Waals surface area (Å²) in [4.78, 5) is 4.55. The molecule has 126 valence electrons. The third kappa shape index (κ3) is 3.65. The van der Waals surface area contributed by atoms with Crippen molar-refractivity contribution in [2.24, 2.45) is 0 Å². The number of para-hydroxylation sites is 2. The molecule has 4 nitrogen and oxygen atoms in total. The molecular weight excluding hydrogens is 322 g/mol. The molecule has 2 aromatic carbocycles. The van der Waals surface area contributed by atoms with Gasteiger partial charge in [-0.2, -0.15) is 0 Å². The number of imidazole rings is 1. The van der Waals surface area contributed by atoms with Gasteiger partial charge < -0.3 is 10.2 Å². The van der Waals surface area contributed by atoms with Gasteiger partial charge in [-0.1, -0.05) is 43.1 Å². The summed E-state index contributed by atoms with van der Waals surface area (Å²) in [5, 5.41) is 0.651. The molecule has 0 bridgehead atoms. The van der Waals surface area contributed by atoms with Crippen molar-refractivity contribution >= 4 is 22.6 Å². The summed E-state index contributed by atoms with van der Waals surface area (Å²) in [6.07, 6.45) is 2.14. The highest BCUT2D eigenvalue weighted by Crippen LogP contribution is 2.26. The van der Waals surface area contributed by atoms with Gasteiger partial charge >= 0.3 is 0 Å². The maximum atomic E-state index is 6.32. The number of rotatable bonds is 7. The molecule has 1 N–H and O–H groups in total. The Hall–Kier alpha value is -2.20. The number of nitrogens with one attached hydrogen (secondary N) is 1. The molecule has 5 heteroatoms. The lowest BCUT2D eigenvalue weighted by atomic mass is 10.2. The number of ether oxygens (including phenoxy) is 1. The quantitative estimate of drug-likeness (QED) is 0.619.